The van der Waals surface area contributed by atoms with Gasteiger partial charge in [-0.1, -0.05) is 12.1 Å². The Morgan fingerprint density at radius 1 is 1.17 bits per heavy atom. The number of nitrogens with zero attached hydrogens (tertiary/aromatic N) is 1. The van der Waals surface area contributed by atoms with E-state index in [9.17, 15) is 14.0 Å². The van der Waals surface area contributed by atoms with E-state index in [4.69, 9.17) is 14.2 Å². The molecule has 1 heterocycles. The van der Waals surface area contributed by atoms with Crippen molar-refractivity contribution in [1.29, 1.82) is 0 Å². The Kier molecular flexibility index (Phi) is 7.06. The summed E-state index contributed by atoms with van der Waals surface area (Å²) in [5.74, 6) is 0.0143. The minimum absolute atomic E-state index is 0.177. The van der Waals surface area contributed by atoms with E-state index in [2.05, 4.69) is 0 Å². The molecule has 1 amide bonds. The van der Waals surface area contributed by atoms with Gasteiger partial charge in [-0.2, -0.15) is 0 Å². The van der Waals surface area contributed by atoms with Crippen LogP contribution in [-0.4, -0.2) is 44.1 Å². The summed E-state index contributed by atoms with van der Waals surface area (Å²) < 4.78 is 29.0. The maximum Gasteiger partial charge on any atom is 0.331 e. The second-order valence-corrected chi connectivity index (χ2v) is 6.85. The number of hydrogen-bond acceptors (Lipinski definition) is 5. The third-order valence-corrected chi connectivity index (χ3v) is 4.97. The van der Waals surface area contributed by atoms with Crippen LogP contribution in [0.2, 0.25) is 0 Å². The molecule has 0 aliphatic carbocycles. The van der Waals surface area contributed by atoms with Crippen LogP contribution < -0.4 is 9.47 Å². The van der Waals surface area contributed by atoms with E-state index < -0.39 is 11.8 Å². The van der Waals surface area contributed by atoms with Gasteiger partial charge in [-0.25, -0.2) is 9.18 Å². The summed E-state index contributed by atoms with van der Waals surface area (Å²) in [7, 11) is 3.17. The summed E-state index contributed by atoms with van der Waals surface area (Å²) in [5, 5.41) is 0. The number of ether oxygens (including phenoxy) is 3. The summed E-state index contributed by atoms with van der Waals surface area (Å²) in [6, 6.07) is 11.1. The fourth-order valence-corrected chi connectivity index (χ4v) is 3.53. The molecule has 0 aromatic heterocycles. The Bertz CT molecular complexity index is 943. The Hall–Kier alpha value is -3.35. The molecule has 2 aromatic rings. The van der Waals surface area contributed by atoms with E-state index in [1.807, 2.05) is 12.1 Å². The van der Waals surface area contributed by atoms with Crippen molar-refractivity contribution < 1.29 is 28.2 Å². The van der Waals surface area contributed by atoms with Gasteiger partial charge in [0.1, 0.15) is 17.3 Å². The van der Waals surface area contributed by atoms with Crippen LogP contribution in [-0.2, 0) is 14.3 Å². The zero-order valence-corrected chi connectivity index (χ0v) is 17.0. The third kappa shape index (κ3) is 5.17. The molecule has 1 fully saturated rings. The predicted molar refractivity (Wildman–Crippen MR) is 110 cm³/mol. The molecule has 0 unspecified atom stereocenters. The first-order chi connectivity index (χ1) is 14.5. The molecule has 1 aliphatic heterocycles. The largest absolute Gasteiger partial charge is 0.497 e. The van der Waals surface area contributed by atoms with Crippen LogP contribution in [0.5, 0.6) is 11.5 Å². The molecular formula is C23H24FNO5. The number of esters is 1. The molecule has 1 saturated heterocycles. The highest BCUT2D eigenvalue weighted by Crippen LogP contribution is 2.38. The van der Waals surface area contributed by atoms with Gasteiger partial charge in [0.15, 0.2) is 6.61 Å². The molecule has 3 rings (SSSR count). The van der Waals surface area contributed by atoms with Crippen molar-refractivity contribution >= 4 is 18.0 Å². The second-order valence-electron chi connectivity index (χ2n) is 6.85. The molecule has 158 valence electrons. The van der Waals surface area contributed by atoms with E-state index in [-0.39, 0.29) is 18.6 Å². The summed E-state index contributed by atoms with van der Waals surface area (Å²) in [4.78, 5) is 26.4. The van der Waals surface area contributed by atoms with Crippen LogP contribution in [0, 0.1) is 5.82 Å². The smallest absolute Gasteiger partial charge is 0.331 e. The molecule has 0 radical (unpaired) electrons. The Balaban J connectivity index is 1.63. The summed E-state index contributed by atoms with van der Waals surface area (Å²) in [6.07, 6.45) is 4.23. The number of rotatable bonds is 7. The highest BCUT2D eigenvalue weighted by molar-refractivity contribution is 5.89. The number of carbonyl (C=O) groups is 2. The van der Waals surface area contributed by atoms with Crippen molar-refractivity contribution in [3.63, 3.8) is 0 Å². The van der Waals surface area contributed by atoms with E-state index in [1.165, 1.54) is 24.3 Å². The maximum absolute atomic E-state index is 13.2. The fourth-order valence-electron chi connectivity index (χ4n) is 3.53. The van der Waals surface area contributed by atoms with Crippen molar-refractivity contribution in [2.24, 2.45) is 0 Å². The van der Waals surface area contributed by atoms with E-state index in [1.54, 1.807) is 37.3 Å². The standard InChI is InChI=1S/C23H24FNO5/c1-28-18-9-10-21(29-2)19(14-18)20-7-4-12-25(20)22(26)15-30-23(27)11-8-16-5-3-6-17(24)13-16/h3,5-6,8-11,13-14,20H,4,7,12,15H2,1-2H3/b11-8+/t20-/m0/s1. The van der Waals surface area contributed by atoms with Gasteiger partial charge in [0.2, 0.25) is 0 Å². The van der Waals surface area contributed by atoms with Crippen molar-refractivity contribution in [3.05, 3.63) is 65.5 Å². The lowest BCUT2D eigenvalue weighted by Gasteiger charge is -2.26. The van der Waals surface area contributed by atoms with Crippen LogP contribution >= 0.6 is 0 Å². The highest BCUT2D eigenvalue weighted by Gasteiger charge is 2.32. The van der Waals surface area contributed by atoms with Crippen LogP contribution in [0.1, 0.15) is 30.0 Å². The molecule has 0 saturated carbocycles. The first kappa shape index (κ1) is 21.4. The van der Waals surface area contributed by atoms with Gasteiger partial charge < -0.3 is 19.1 Å². The molecular weight excluding hydrogens is 389 g/mol. The van der Waals surface area contributed by atoms with Gasteiger partial charge in [0.05, 0.1) is 20.3 Å². The first-order valence-corrected chi connectivity index (χ1v) is 9.63. The minimum Gasteiger partial charge on any atom is -0.497 e. The summed E-state index contributed by atoms with van der Waals surface area (Å²) >= 11 is 0. The van der Waals surface area contributed by atoms with Gasteiger partial charge in [-0.05, 0) is 54.8 Å². The first-order valence-electron chi connectivity index (χ1n) is 9.63. The highest BCUT2D eigenvalue weighted by atomic mass is 19.1. The lowest BCUT2D eigenvalue weighted by molar-refractivity contribution is -0.148. The number of halogens is 1. The topological polar surface area (TPSA) is 65.1 Å². The Morgan fingerprint density at radius 3 is 2.73 bits per heavy atom. The molecule has 7 heteroatoms. The predicted octanol–water partition coefficient (Wildman–Crippen LogP) is 3.76. The lowest BCUT2D eigenvalue weighted by atomic mass is 10.0. The van der Waals surface area contributed by atoms with E-state index >= 15 is 0 Å². The Morgan fingerprint density at radius 2 is 2.00 bits per heavy atom. The summed E-state index contributed by atoms with van der Waals surface area (Å²) in [5.41, 5.74) is 1.39. The van der Waals surface area contributed by atoms with Gasteiger partial charge in [0.25, 0.3) is 5.91 Å². The van der Waals surface area contributed by atoms with Crippen LogP contribution in [0.4, 0.5) is 4.39 Å². The molecule has 6 nitrogen and oxygen atoms in total. The molecule has 1 atom stereocenters. The quantitative estimate of drug-likeness (QED) is 0.511. The second kappa shape index (κ2) is 9.91. The van der Waals surface area contributed by atoms with E-state index in [0.29, 0.717) is 23.6 Å². The Labute approximate surface area is 174 Å². The molecule has 1 aliphatic rings. The van der Waals surface area contributed by atoms with Crippen molar-refractivity contribution in [2.75, 3.05) is 27.4 Å². The molecule has 0 bridgehead atoms. The normalized spacial score (nSPS) is 16.0. The molecule has 30 heavy (non-hydrogen) atoms. The van der Waals surface area contributed by atoms with Gasteiger partial charge in [-0.3, -0.25) is 4.79 Å². The van der Waals surface area contributed by atoms with Gasteiger partial charge in [-0.15, -0.1) is 0 Å². The van der Waals surface area contributed by atoms with Crippen molar-refractivity contribution in [2.45, 2.75) is 18.9 Å². The monoisotopic (exact) mass is 413 g/mol. The number of hydrogen-bond donors (Lipinski definition) is 0. The lowest BCUT2D eigenvalue weighted by Crippen LogP contribution is -2.34. The van der Waals surface area contributed by atoms with Crippen LogP contribution in [0.15, 0.2) is 48.5 Å². The maximum atomic E-state index is 13.2. The van der Waals surface area contributed by atoms with E-state index in [0.717, 1.165) is 18.4 Å². The zero-order chi connectivity index (χ0) is 21.5. The van der Waals surface area contributed by atoms with Crippen molar-refractivity contribution in [1.82, 2.24) is 4.90 Å². The fraction of sp³-hybridized carbons (Fsp3) is 0.304. The molecule has 0 N–H and O–H groups in total. The molecule has 2 aromatic carbocycles. The number of methoxy groups -OCH3 is 2. The number of likely N-dealkylation sites (tertiary alicyclic amines) is 1. The van der Waals surface area contributed by atoms with Crippen LogP contribution in [0.3, 0.4) is 0 Å². The number of benzene rings is 2. The van der Waals surface area contributed by atoms with Gasteiger partial charge >= 0.3 is 5.97 Å². The third-order valence-electron chi connectivity index (χ3n) is 4.97. The molecule has 0 spiro atoms. The van der Waals surface area contributed by atoms with Crippen LogP contribution in [0.25, 0.3) is 6.08 Å². The van der Waals surface area contributed by atoms with Crippen molar-refractivity contribution in [3.8, 4) is 11.5 Å². The SMILES string of the molecule is COc1ccc(OC)c([C@@H]2CCCN2C(=O)COC(=O)/C=C/c2cccc(F)c2)c1. The summed E-state index contributed by atoms with van der Waals surface area (Å²) in [6.45, 7) is 0.204. The average Bonchev–Trinajstić information content (AvgIpc) is 3.25. The number of amides is 1. The average molecular weight is 413 g/mol. The van der Waals surface area contributed by atoms with Gasteiger partial charge in [0, 0.05) is 18.2 Å². The number of carbonyl (C=O) groups excluding carboxylic acids is 2. The zero-order valence-electron chi connectivity index (χ0n) is 17.0. The minimum atomic E-state index is -0.665.